The van der Waals surface area contributed by atoms with Crippen LogP contribution in [0.2, 0.25) is 10.2 Å². The Morgan fingerprint density at radius 3 is 2.56 bits per heavy atom. The van der Waals surface area contributed by atoms with Crippen LogP contribution < -0.4 is 5.32 Å². The molecule has 0 bridgehead atoms. The maximum Gasteiger partial charge on any atom is 0.359 e. The van der Waals surface area contributed by atoms with Gasteiger partial charge in [-0.1, -0.05) is 66.9 Å². The van der Waals surface area contributed by atoms with Gasteiger partial charge in [0, 0.05) is 0 Å². The molecule has 7 heteroatoms. The van der Waals surface area contributed by atoms with Crippen molar-refractivity contribution in [3.63, 3.8) is 0 Å². The van der Waals surface area contributed by atoms with Gasteiger partial charge in [0.2, 0.25) is 0 Å². The van der Waals surface area contributed by atoms with E-state index in [2.05, 4.69) is 10.3 Å². The molecule has 0 spiro atoms. The highest BCUT2D eigenvalue weighted by atomic mass is 35.5. The van der Waals surface area contributed by atoms with Crippen LogP contribution >= 0.6 is 23.2 Å². The standard InChI is InChI=1S/C18H18Cl2N2O3/c1-2-6-14(12-7-4-3-5-8-12)21-16(23)11-25-18(24)17-13(19)9-10-15(20)22-17/h3-5,7-10,14H,2,6,11H2,1H3,(H,21,23)/t14-/m1/s1. The van der Waals surface area contributed by atoms with Crippen LogP contribution in [0.5, 0.6) is 0 Å². The smallest absolute Gasteiger partial charge is 0.359 e. The number of halogens is 2. The normalized spacial score (nSPS) is 11.6. The molecule has 5 nitrogen and oxygen atoms in total. The summed E-state index contributed by atoms with van der Waals surface area (Å²) in [4.78, 5) is 27.9. The number of ether oxygens (including phenoxy) is 1. The van der Waals surface area contributed by atoms with Gasteiger partial charge in [0.25, 0.3) is 5.91 Å². The zero-order valence-electron chi connectivity index (χ0n) is 13.7. The van der Waals surface area contributed by atoms with E-state index in [1.807, 2.05) is 37.3 Å². The van der Waals surface area contributed by atoms with Crippen LogP contribution in [-0.4, -0.2) is 23.5 Å². The molecule has 1 aromatic carbocycles. The van der Waals surface area contributed by atoms with Gasteiger partial charge >= 0.3 is 5.97 Å². The molecule has 2 aromatic rings. The van der Waals surface area contributed by atoms with E-state index in [-0.39, 0.29) is 21.9 Å². The fourth-order valence-electron chi connectivity index (χ4n) is 2.29. The van der Waals surface area contributed by atoms with Gasteiger partial charge < -0.3 is 10.1 Å². The predicted molar refractivity (Wildman–Crippen MR) is 96.8 cm³/mol. The highest BCUT2D eigenvalue weighted by molar-refractivity contribution is 6.34. The van der Waals surface area contributed by atoms with Gasteiger partial charge in [-0.05, 0) is 24.1 Å². The Labute approximate surface area is 156 Å². The first-order valence-electron chi connectivity index (χ1n) is 7.84. The minimum Gasteiger partial charge on any atom is -0.451 e. The highest BCUT2D eigenvalue weighted by Crippen LogP contribution is 2.19. The van der Waals surface area contributed by atoms with Crippen LogP contribution in [0.25, 0.3) is 0 Å². The minimum absolute atomic E-state index is 0.114. The average molecular weight is 381 g/mol. The molecular formula is C18H18Cl2N2O3. The summed E-state index contributed by atoms with van der Waals surface area (Å²) < 4.78 is 4.98. The molecule has 1 heterocycles. The zero-order chi connectivity index (χ0) is 18.2. The molecular weight excluding hydrogens is 363 g/mol. The third-order valence-corrected chi connectivity index (χ3v) is 3.97. The Kier molecular flexibility index (Phi) is 7.22. The van der Waals surface area contributed by atoms with Gasteiger partial charge in [-0.3, -0.25) is 4.79 Å². The monoisotopic (exact) mass is 380 g/mol. The first-order valence-corrected chi connectivity index (χ1v) is 8.60. The van der Waals surface area contributed by atoms with E-state index in [4.69, 9.17) is 27.9 Å². The molecule has 0 saturated carbocycles. The van der Waals surface area contributed by atoms with E-state index in [1.54, 1.807) is 0 Å². The third kappa shape index (κ3) is 5.73. The molecule has 132 valence electrons. The van der Waals surface area contributed by atoms with Crippen molar-refractivity contribution in [2.45, 2.75) is 25.8 Å². The van der Waals surface area contributed by atoms with E-state index < -0.39 is 18.5 Å². The lowest BCUT2D eigenvalue weighted by atomic mass is 10.0. The lowest BCUT2D eigenvalue weighted by molar-refractivity contribution is -0.125. The number of hydrogen-bond donors (Lipinski definition) is 1. The minimum atomic E-state index is -0.797. The SMILES string of the molecule is CCC[C@@H](NC(=O)COC(=O)c1nc(Cl)ccc1Cl)c1ccccc1. The van der Waals surface area contributed by atoms with Crippen molar-refractivity contribution in [3.05, 3.63) is 63.9 Å². The Bertz CT molecular complexity index is 738. The van der Waals surface area contributed by atoms with E-state index in [9.17, 15) is 9.59 Å². The zero-order valence-corrected chi connectivity index (χ0v) is 15.2. The molecule has 1 amide bonds. The van der Waals surface area contributed by atoms with Crippen molar-refractivity contribution in [2.24, 2.45) is 0 Å². The summed E-state index contributed by atoms with van der Waals surface area (Å²) in [6.45, 7) is 1.62. The van der Waals surface area contributed by atoms with Gasteiger partial charge in [0.1, 0.15) is 5.15 Å². The van der Waals surface area contributed by atoms with Gasteiger partial charge in [0.05, 0.1) is 11.1 Å². The summed E-state index contributed by atoms with van der Waals surface area (Å²) in [5.74, 6) is -1.19. The van der Waals surface area contributed by atoms with Crippen molar-refractivity contribution in [2.75, 3.05) is 6.61 Å². The average Bonchev–Trinajstić information content (AvgIpc) is 2.62. The van der Waals surface area contributed by atoms with Crippen LogP contribution in [-0.2, 0) is 9.53 Å². The van der Waals surface area contributed by atoms with E-state index in [1.165, 1.54) is 12.1 Å². The molecule has 1 N–H and O–H groups in total. The van der Waals surface area contributed by atoms with Gasteiger partial charge in [-0.2, -0.15) is 0 Å². The maximum atomic E-state index is 12.1. The highest BCUT2D eigenvalue weighted by Gasteiger charge is 2.18. The quantitative estimate of drug-likeness (QED) is 0.577. The second-order valence-electron chi connectivity index (χ2n) is 5.36. The van der Waals surface area contributed by atoms with Crippen LogP contribution in [0.3, 0.4) is 0 Å². The van der Waals surface area contributed by atoms with E-state index in [0.29, 0.717) is 0 Å². The first-order chi connectivity index (χ1) is 12.0. The van der Waals surface area contributed by atoms with Crippen molar-refractivity contribution >= 4 is 35.1 Å². The molecule has 25 heavy (non-hydrogen) atoms. The number of amides is 1. The molecule has 0 aliphatic rings. The van der Waals surface area contributed by atoms with Gasteiger partial charge in [-0.15, -0.1) is 0 Å². The fraction of sp³-hybridized carbons (Fsp3) is 0.278. The number of rotatable bonds is 7. The van der Waals surface area contributed by atoms with Crippen molar-refractivity contribution in [1.82, 2.24) is 10.3 Å². The molecule has 1 atom stereocenters. The number of benzene rings is 1. The lowest BCUT2D eigenvalue weighted by Crippen LogP contribution is -2.32. The number of hydrogen-bond acceptors (Lipinski definition) is 4. The number of pyridine rings is 1. The third-order valence-electron chi connectivity index (χ3n) is 3.45. The molecule has 0 aliphatic carbocycles. The molecule has 1 aromatic heterocycles. The van der Waals surface area contributed by atoms with Crippen LogP contribution in [0.15, 0.2) is 42.5 Å². The van der Waals surface area contributed by atoms with E-state index in [0.717, 1.165) is 18.4 Å². The van der Waals surface area contributed by atoms with Crippen molar-refractivity contribution < 1.29 is 14.3 Å². The number of esters is 1. The Balaban J connectivity index is 1.94. The van der Waals surface area contributed by atoms with Crippen molar-refractivity contribution in [3.8, 4) is 0 Å². The van der Waals surface area contributed by atoms with Crippen LogP contribution in [0.4, 0.5) is 0 Å². The molecule has 0 radical (unpaired) electrons. The Morgan fingerprint density at radius 1 is 1.16 bits per heavy atom. The summed E-state index contributed by atoms with van der Waals surface area (Å²) in [7, 11) is 0. The molecule has 2 rings (SSSR count). The molecule has 0 unspecified atom stereocenters. The fourth-order valence-corrected chi connectivity index (χ4v) is 2.62. The number of carbonyl (C=O) groups is 2. The summed E-state index contributed by atoms with van der Waals surface area (Å²) in [5, 5.41) is 3.10. The summed E-state index contributed by atoms with van der Waals surface area (Å²) in [6.07, 6.45) is 1.69. The number of nitrogens with one attached hydrogen (secondary N) is 1. The molecule has 0 fully saturated rings. The number of carbonyl (C=O) groups excluding carboxylic acids is 2. The molecule has 0 aliphatic heterocycles. The second kappa shape index (κ2) is 9.39. The Hall–Kier alpha value is -2.11. The Morgan fingerprint density at radius 2 is 1.88 bits per heavy atom. The van der Waals surface area contributed by atoms with Crippen LogP contribution in [0, 0.1) is 0 Å². The number of aromatic nitrogens is 1. The largest absolute Gasteiger partial charge is 0.451 e. The summed E-state index contributed by atoms with van der Waals surface area (Å²) in [5.41, 5.74) is 0.888. The second-order valence-corrected chi connectivity index (χ2v) is 6.15. The van der Waals surface area contributed by atoms with Crippen molar-refractivity contribution in [1.29, 1.82) is 0 Å². The first kappa shape index (κ1) is 19.2. The van der Waals surface area contributed by atoms with Gasteiger partial charge in [0.15, 0.2) is 12.3 Å². The molecule has 0 saturated heterocycles. The van der Waals surface area contributed by atoms with Crippen LogP contribution in [0.1, 0.15) is 41.9 Å². The number of nitrogens with zero attached hydrogens (tertiary/aromatic N) is 1. The summed E-state index contributed by atoms with van der Waals surface area (Å²) in [6, 6.07) is 12.4. The predicted octanol–water partition coefficient (Wildman–Crippen LogP) is 4.20. The van der Waals surface area contributed by atoms with Gasteiger partial charge in [-0.25, -0.2) is 9.78 Å². The van der Waals surface area contributed by atoms with E-state index >= 15 is 0 Å². The maximum absolute atomic E-state index is 12.1. The lowest BCUT2D eigenvalue weighted by Gasteiger charge is -2.18. The summed E-state index contributed by atoms with van der Waals surface area (Å²) >= 11 is 11.6. The topological polar surface area (TPSA) is 68.3 Å².